The normalized spacial score (nSPS) is 18.7. The first-order chi connectivity index (χ1) is 15.1. The van der Waals surface area contributed by atoms with E-state index in [4.69, 9.17) is 0 Å². The Morgan fingerprint density at radius 3 is 2.28 bits per heavy atom. The van der Waals surface area contributed by atoms with E-state index in [9.17, 15) is 23.1 Å². The van der Waals surface area contributed by atoms with Crippen LogP contribution in [-0.4, -0.2) is 85.6 Å². The fourth-order valence-corrected chi connectivity index (χ4v) is 4.36. The molecule has 1 aliphatic rings. The van der Waals surface area contributed by atoms with Crippen molar-refractivity contribution < 1.29 is 23.1 Å². The van der Waals surface area contributed by atoms with Crippen molar-refractivity contribution >= 4 is 27.5 Å². The van der Waals surface area contributed by atoms with E-state index in [-0.39, 0.29) is 28.3 Å². The van der Waals surface area contributed by atoms with Crippen molar-refractivity contribution in [3.63, 3.8) is 0 Å². The van der Waals surface area contributed by atoms with Crippen LogP contribution in [0.15, 0.2) is 59.3 Å². The minimum absolute atomic E-state index is 0.0503. The average Bonchev–Trinajstić information content (AvgIpc) is 3.02. The second kappa shape index (κ2) is 9.19. The van der Waals surface area contributed by atoms with Gasteiger partial charge in [-0.3, -0.25) is 14.6 Å². The average molecular weight is 459 g/mol. The highest BCUT2D eigenvalue weighted by atomic mass is 32.2. The lowest BCUT2D eigenvalue weighted by Gasteiger charge is -2.26. The summed E-state index contributed by atoms with van der Waals surface area (Å²) in [6.07, 6.45) is 3.14. The first kappa shape index (κ1) is 23.6. The van der Waals surface area contributed by atoms with Gasteiger partial charge in [0.25, 0.3) is 11.7 Å². The van der Waals surface area contributed by atoms with Crippen molar-refractivity contribution in [3.8, 4) is 0 Å². The molecule has 2 aromatic rings. The lowest BCUT2D eigenvalue weighted by molar-refractivity contribution is -0.140. The number of benzene rings is 1. The molecular weight excluding hydrogens is 432 g/mol. The summed E-state index contributed by atoms with van der Waals surface area (Å²) in [6, 6.07) is 8.18. The molecule has 0 aliphatic carbocycles. The largest absolute Gasteiger partial charge is 0.507 e. The van der Waals surface area contributed by atoms with E-state index in [2.05, 4.69) is 4.98 Å². The Morgan fingerprint density at radius 2 is 1.75 bits per heavy atom. The van der Waals surface area contributed by atoms with E-state index in [1.54, 1.807) is 24.5 Å². The number of ketones is 1. The van der Waals surface area contributed by atoms with Gasteiger partial charge in [-0.05, 0) is 50.0 Å². The molecule has 32 heavy (non-hydrogen) atoms. The molecular formula is C22H26N4O5S. The number of aromatic nitrogens is 1. The van der Waals surface area contributed by atoms with Crippen molar-refractivity contribution in [3.05, 3.63) is 65.5 Å². The van der Waals surface area contributed by atoms with Gasteiger partial charge in [-0.2, -0.15) is 0 Å². The molecule has 1 amide bonds. The first-order valence-corrected chi connectivity index (χ1v) is 11.4. The lowest BCUT2D eigenvalue weighted by atomic mass is 9.96. The Morgan fingerprint density at radius 1 is 1.09 bits per heavy atom. The van der Waals surface area contributed by atoms with Crippen molar-refractivity contribution in [2.45, 2.75) is 10.9 Å². The number of Topliss-reactive ketones (excluding diaryl/α,β-unsaturated/α-hetero) is 1. The minimum Gasteiger partial charge on any atom is -0.507 e. The van der Waals surface area contributed by atoms with E-state index < -0.39 is 27.8 Å². The van der Waals surface area contributed by atoms with Gasteiger partial charge in [0.1, 0.15) is 5.76 Å². The third-order valence-corrected chi connectivity index (χ3v) is 7.06. The summed E-state index contributed by atoms with van der Waals surface area (Å²) in [5.41, 5.74) is 0.783. The number of nitrogens with zero attached hydrogens (tertiary/aromatic N) is 4. The van der Waals surface area contributed by atoms with Crippen molar-refractivity contribution in [2.75, 3.05) is 41.3 Å². The number of likely N-dealkylation sites (tertiary alicyclic amines) is 1. The Hall–Kier alpha value is -3.08. The molecule has 10 heteroatoms. The van der Waals surface area contributed by atoms with Crippen molar-refractivity contribution in [2.24, 2.45) is 0 Å². The highest BCUT2D eigenvalue weighted by Gasteiger charge is 2.46. The highest BCUT2D eigenvalue weighted by molar-refractivity contribution is 7.89. The third kappa shape index (κ3) is 4.43. The molecule has 1 aliphatic heterocycles. The zero-order chi connectivity index (χ0) is 23.6. The van der Waals surface area contributed by atoms with Gasteiger partial charge in [-0.25, -0.2) is 12.7 Å². The van der Waals surface area contributed by atoms with Gasteiger partial charge >= 0.3 is 0 Å². The van der Waals surface area contributed by atoms with Crippen LogP contribution in [0.25, 0.3) is 5.76 Å². The summed E-state index contributed by atoms with van der Waals surface area (Å²) in [6.45, 7) is 0.814. The first-order valence-electron chi connectivity index (χ1n) is 9.91. The maximum atomic E-state index is 12.9. The number of hydrogen-bond donors (Lipinski definition) is 1. The number of hydrogen-bond acceptors (Lipinski definition) is 7. The van der Waals surface area contributed by atoms with Crippen LogP contribution in [0.1, 0.15) is 17.2 Å². The van der Waals surface area contributed by atoms with Crippen LogP contribution in [0.4, 0.5) is 0 Å². The summed E-state index contributed by atoms with van der Waals surface area (Å²) in [7, 11) is 2.92. The maximum Gasteiger partial charge on any atom is 0.295 e. The van der Waals surface area contributed by atoms with E-state index in [0.29, 0.717) is 12.1 Å². The molecule has 0 unspecified atom stereocenters. The molecule has 170 valence electrons. The second-order valence-electron chi connectivity index (χ2n) is 7.89. The zero-order valence-corrected chi connectivity index (χ0v) is 19.2. The number of amides is 1. The van der Waals surface area contributed by atoms with Crippen LogP contribution < -0.4 is 0 Å². The molecule has 2 heterocycles. The summed E-state index contributed by atoms with van der Waals surface area (Å²) >= 11 is 0. The van der Waals surface area contributed by atoms with Gasteiger partial charge in [-0.15, -0.1) is 0 Å². The van der Waals surface area contributed by atoms with Crippen LogP contribution in [0.2, 0.25) is 0 Å². The molecule has 1 aromatic carbocycles. The van der Waals surface area contributed by atoms with E-state index in [0.717, 1.165) is 4.31 Å². The Kier molecular flexibility index (Phi) is 6.77. The number of pyridine rings is 1. The van der Waals surface area contributed by atoms with Gasteiger partial charge in [0.05, 0.1) is 16.5 Å². The van der Waals surface area contributed by atoms with Crippen molar-refractivity contribution in [1.82, 2.24) is 19.1 Å². The van der Waals surface area contributed by atoms with Gasteiger partial charge in [-0.1, -0.05) is 6.07 Å². The molecule has 0 saturated carbocycles. The SMILES string of the molecule is CN(C)CCN1C(=O)C(=O)C(=C(O)c2ccc(S(=O)(=O)N(C)C)cc2)[C@H]1c1cccnc1. The van der Waals surface area contributed by atoms with Gasteiger partial charge in [0, 0.05) is 45.1 Å². The smallest absolute Gasteiger partial charge is 0.295 e. The minimum atomic E-state index is -3.64. The summed E-state index contributed by atoms with van der Waals surface area (Å²) < 4.78 is 25.7. The van der Waals surface area contributed by atoms with Crippen LogP contribution in [0.5, 0.6) is 0 Å². The number of aliphatic hydroxyl groups excluding tert-OH is 1. The summed E-state index contributed by atoms with van der Waals surface area (Å²) in [4.78, 5) is 33.2. The number of rotatable bonds is 7. The van der Waals surface area contributed by atoms with Crippen LogP contribution in [0, 0.1) is 0 Å². The standard InChI is InChI=1S/C22H26N4O5S/c1-24(2)12-13-26-19(16-6-5-11-23-14-16)18(21(28)22(26)29)20(27)15-7-9-17(10-8-15)32(30,31)25(3)4/h5-11,14,19,27H,12-13H2,1-4H3/t19-/m1/s1. The predicted octanol–water partition coefficient (Wildman–Crippen LogP) is 1.32. The molecule has 0 bridgehead atoms. The number of likely N-dealkylation sites (N-methyl/N-ethyl adjacent to an activating group) is 1. The molecule has 0 radical (unpaired) electrons. The topological polar surface area (TPSA) is 111 Å². The highest BCUT2D eigenvalue weighted by Crippen LogP contribution is 2.39. The fourth-order valence-electron chi connectivity index (χ4n) is 3.45. The number of sulfonamides is 1. The number of aliphatic hydroxyl groups is 1. The fraction of sp³-hybridized carbons (Fsp3) is 0.318. The number of carbonyl (C=O) groups excluding carboxylic acids is 2. The van der Waals surface area contributed by atoms with Gasteiger partial charge < -0.3 is 14.9 Å². The monoisotopic (exact) mass is 458 g/mol. The molecule has 1 N–H and O–H groups in total. The van der Waals surface area contributed by atoms with Crippen molar-refractivity contribution in [1.29, 1.82) is 0 Å². The third-order valence-electron chi connectivity index (χ3n) is 5.23. The molecule has 9 nitrogen and oxygen atoms in total. The molecule has 3 rings (SSSR count). The maximum absolute atomic E-state index is 12.9. The van der Waals surface area contributed by atoms with E-state index in [1.807, 2.05) is 19.0 Å². The predicted molar refractivity (Wildman–Crippen MR) is 119 cm³/mol. The van der Waals surface area contributed by atoms with E-state index in [1.165, 1.54) is 43.3 Å². The van der Waals surface area contributed by atoms with Gasteiger partial charge in [0.2, 0.25) is 10.0 Å². The van der Waals surface area contributed by atoms with Crippen LogP contribution >= 0.6 is 0 Å². The zero-order valence-electron chi connectivity index (χ0n) is 18.4. The number of carbonyl (C=O) groups is 2. The van der Waals surface area contributed by atoms with Crippen LogP contribution in [-0.2, 0) is 19.6 Å². The lowest BCUT2D eigenvalue weighted by Crippen LogP contribution is -2.35. The van der Waals surface area contributed by atoms with Crippen LogP contribution in [0.3, 0.4) is 0 Å². The second-order valence-corrected chi connectivity index (χ2v) is 10.0. The molecule has 1 fully saturated rings. The van der Waals surface area contributed by atoms with E-state index >= 15 is 0 Å². The quantitative estimate of drug-likeness (QED) is 0.378. The Bertz CT molecular complexity index is 1140. The Balaban J connectivity index is 2.10. The molecule has 1 aromatic heterocycles. The Labute approximate surface area is 187 Å². The molecule has 1 saturated heterocycles. The molecule has 1 atom stereocenters. The van der Waals surface area contributed by atoms with Gasteiger partial charge in [0.15, 0.2) is 0 Å². The summed E-state index contributed by atoms with van der Waals surface area (Å²) in [5.74, 6) is -1.85. The summed E-state index contributed by atoms with van der Waals surface area (Å²) in [5, 5.41) is 11.0. The molecule has 0 spiro atoms.